The van der Waals surface area contributed by atoms with Gasteiger partial charge in [-0.15, -0.1) is 0 Å². The second-order valence-corrected chi connectivity index (χ2v) is 23.5. The van der Waals surface area contributed by atoms with Crippen LogP contribution in [0.4, 0.5) is 0 Å². The van der Waals surface area contributed by atoms with Gasteiger partial charge in [-0.25, -0.2) is 0 Å². The molecule has 0 amide bonds. The molecule has 284 valence electrons. The summed E-state index contributed by atoms with van der Waals surface area (Å²) in [5, 5.41) is 0. The second-order valence-electron chi connectivity index (χ2n) is 14.3. The minimum absolute atomic E-state index is 0.306. The Morgan fingerprint density at radius 3 is 1.14 bits per heavy atom. The van der Waals surface area contributed by atoms with Gasteiger partial charge < -0.3 is 0 Å². The Kier molecular flexibility index (Phi) is 30.9. The van der Waals surface area contributed by atoms with Crippen molar-refractivity contribution in [2.45, 2.75) is 179 Å². The predicted molar refractivity (Wildman–Crippen MR) is 201 cm³/mol. The summed E-state index contributed by atoms with van der Waals surface area (Å²) in [4.78, 5) is 50.8. The first kappa shape index (κ1) is 47.2. The third-order valence-electron chi connectivity index (χ3n) is 8.45. The van der Waals surface area contributed by atoms with Gasteiger partial charge in [-0.1, -0.05) is 27.7 Å². The van der Waals surface area contributed by atoms with Gasteiger partial charge in [-0.05, 0) is 0 Å². The number of rotatable bonds is 32. The van der Waals surface area contributed by atoms with E-state index in [1.165, 1.54) is 12.8 Å². The van der Waals surface area contributed by atoms with E-state index in [2.05, 4.69) is 41.5 Å². The first-order valence-corrected chi connectivity index (χ1v) is 26.1. The molecule has 0 spiro atoms. The maximum atomic E-state index is 13.1. The van der Waals surface area contributed by atoms with Gasteiger partial charge in [-0.3, -0.25) is 0 Å². The molecule has 0 fully saturated rings. The zero-order chi connectivity index (χ0) is 36.6. The van der Waals surface area contributed by atoms with Gasteiger partial charge >= 0.3 is 278 Å². The minimum atomic E-state index is -4.38. The Labute approximate surface area is 304 Å². The summed E-state index contributed by atoms with van der Waals surface area (Å²) in [5.41, 5.74) is 0. The number of ether oxygens (including phenoxy) is 2. The Balaban J connectivity index is 5.51. The summed E-state index contributed by atoms with van der Waals surface area (Å²) in [6.45, 7) is 13.7. The maximum absolute atomic E-state index is 13.1. The second kappa shape index (κ2) is 32.1. The molecule has 0 aromatic heterocycles. The van der Waals surface area contributed by atoms with Crippen LogP contribution in [-0.4, -0.2) is 56.3 Å². The van der Waals surface area contributed by atoms with Crippen LogP contribution >= 0.6 is 0 Å². The van der Waals surface area contributed by atoms with E-state index in [1.54, 1.807) is 0 Å². The van der Waals surface area contributed by atoms with Crippen LogP contribution in [0.25, 0.3) is 0 Å². The molecule has 0 atom stereocenters. The topological polar surface area (TPSA) is 105 Å². The van der Waals surface area contributed by atoms with Crippen molar-refractivity contribution in [3.8, 4) is 0 Å². The number of carbonyl (C=O) groups is 4. The summed E-state index contributed by atoms with van der Waals surface area (Å²) in [6.07, 6.45) is 25.0. The van der Waals surface area contributed by atoms with Gasteiger partial charge in [0.2, 0.25) is 0 Å². The van der Waals surface area contributed by atoms with Crippen molar-refractivity contribution in [2.75, 3.05) is 13.2 Å². The van der Waals surface area contributed by atoms with Gasteiger partial charge in [0.15, 0.2) is 0 Å². The Hall–Kier alpha value is -1.84. The third-order valence-corrected chi connectivity index (χ3v) is 18.1. The van der Waals surface area contributed by atoms with Gasteiger partial charge in [0, 0.05) is 0 Å². The van der Waals surface area contributed by atoms with Crippen LogP contribution in [0.3, 0.4) is 0 Å². The van der Waals surface area contributed by atoms with Crippen LogP contribution in [0.5, 0.6) is 0 Å². The molecule has 0 unspecified atom stereocenters. The molecular weight excluding hydrogens is 727 g/mol. The quantitative estimate of drug-likeness (QED) is 0.0287. The fourth-order valence-corrected chi connectivity index (χ4v) is 14.5. The monoisotopic (exact) mass is 800 g/mol. The van der Waals surface area contributed by atoms with Crippen molar-refractivity contribution >= 4 is 43.1 Å². The standard InChI is InChI=1S/2C12H20O4.2C8H17.Sn/c2*1-10(2)6-4-3-5-9-16-12(15)8-7-11(13)14;2*1-3-5-7-8-6-4-2;/h2*7-8,10H,3-6,9H2,1-2H3,(H,13,14);2*1,3-8H2,2H3;/q;;;;+2/p-2/b2*8-7+;;;. The van der Waals surface area contributed by atoms with E-state index in [0.717, 1.165) is 140 Å². The zero-order valence-corrected chi connectivity index (χ0v) is 35.1. The summed E-state index contributed by atoms with van der Waals surface area (Å²) < 4.78 is 23.8. The molecule has 0 aliphatic carbocycles. The zero-order valence-electron chi connectivity index (χ0n) is 32.2. The molecule has 0 rings (SSSR count). The first-order chi connectivity index (χ1) is 23.5. The first-order valence-electron chi connectivity index (χ1n) is 19.7. The summed E-state index contributed by atoms with van der Waals surface area (Å²) in [7, 11) is 0. The van der Waals surface area contributed by atoms with E-state index < -0.39 is 43.1 Å². The molecule has 0 saturated carbocycles. The van der Waals surface area contributed by atoms with Crippen molar-refractivity contribution in [1.29, 1.82) is 0 Å². The molecule has 49 heavy (non-hydrogen) atoms. The average molecular weight is 800 g/mol. The van der Waals surface area contributed by atoms with Crippen molar-refractivity contribution in [3.63, 3.8) is 0 Å². The summed E-state index contributed by atoms with van der Waals surface area (Å²) >= 11 is -4.38. The minimum Gasteiger partial charge on any atom is -0.0628 e. The van der Waals surface area contributed by atoms with Crippen molar-refractivity contribution in [1.82, 2.24) is 0 Å². The molecule has 0 aromatic carbocycles. The Morgan fingerprint density at radius 1 is 0.449 bits per heavy atom. The van der Waals surface area contributed by atoms with Crippen LogP contribution < -0.4 is 0 Å². The number of esters is 2. The van der Waals surface area contributed by atoms with E-state index in [0.29, 0.717) is 33.9 Å². The molecule has 0 N–H and O–H groups in total. The fraction of sp³-hybridized carbons (Fsp3) is 0.800. The van der Waals surface area contributed by atoms with Crippen molar-refractivity contribution in [3.05, 3.63) is 24.3 Å². The molecule has 9 heteroatoms. The van der Waals surface area contributed by atoms with Gasteiger partial charge in [0.25, 0.3) is 0 Å². The average Bonchev–Trinajstić information content (AvgIpc) is 3.05. The smallest absolute Gasteiger partial charge is 0.0628 e. The van der Waals surface area contributed by atoms with Gasteiger partial charge in [0.05, 0.1) is 0 Å². The van der Waals surface area contributed by atoms with Gasteiger partial charge in [-0.2, -0.15) is 0 Å². The van der Waals surface area contributed by atoms with Crippen molar-refractivity contribution in [2.24, 2.45) is 11.8 Å². The number of carbonyl (C=O) groups excluding carboxylic acids is 4. The number of unbranched alkanes of at least 4 members (excludes halogenated alkanes) is 14. The summed E-state index contributed by atoms with van der Waals surface area (Å²) in [6, 6.07) is 0. The molecule has 0 aliphatic heterocycles. The van der Waals surface area contributed by atoms with E-state index in [1.807, 2.05) is 0 Å². The van der Waals surface area contributed by atoms with Crippen LogP contribution in [0.15, 0.2) is 24.3 Å². The molecule has 0 aliphatic rings. The van der Waals surface area contributed by atoms with Gasteiger partial charge in [0.1, 0.15) is 0 Å². The van der Waals surface area contributed by atoms with E-state index >= 15 is 0 Å². The van der Waals surface area contributed by atoms with Crippen LogP contribution in [0, 0.1) is 11.8 Å². The number of hydrogen-bond acceptors (Lipinski definition) is 8. The normalized spacial score (nSPS) is 11.9. The molecule has 0 bridgehead atoms. The number of hydrogen-bond donors (Lipinski definition) is 0. The Morgan fingerprint density at radius 2 is 0.776 bits per heavy atom. The third kappa shape index (κ3) is 30.7. The van der Waals surface area contributed by atoms with Crippen LogP contribution in [0.1, 0.15) is 170 Å². The fourth-order valence-electron chi connectivity index (χ4n) is 5.51. The molecule has 8 nitrogen and oxygen atoms in total. The van der Waals surface area contributed by atoms with Crippen molar-refractivity contribution < 1.29 is 34.8 Å². The predicted octanol–water partition coefficient (Wildman–Crippen LogP) is 10.9. The van der Waals surface area contributed by atoms with Crippen LogP contribution in [0.2, 0.25) is 8.87 Å². The summed E-state index contributed by atoms with van der Waals surface area (Å²) in [5.74, 6) is -1.24. The molecule has 0 saturated heterocycles. The molecule has 0 aromatic rings. The molecule has 0 heterocycles. The Bertz CT molecular complexity index is 853. The SMILES string of the molecule is CCCCCCC[CH2][Sn]([CH2]CCCCCCC)([O]C(=O)/C=C/C(=O)OCCCCCC(C)C)[O]C(=O)/C=C/C(=O)OCCCCCC(C)C. The van der Waals surface area contributed by atoms with E-state index in [-0.39, 0.29) is 0 Å². The van der Waals surface area contributed by atoms with E-state index in [4.69, 9.17) is 15.6 Å². The van der Waals surface area contributed by atoms with E-state index in [9.17, 15) is 19.2 Å². The molecule has 0 radical (unpaired) electrons. The molecular formula is C40H72O8Sn. The van der Waals surface area contributed by atoms with Crippen LogP contribution in [-0.2, 0) is 34.8 Å².